The Labute approximate surface area is 205 Å². The summed E-state index contributed by atoms with van der Waals surface area (Å²) in [5.74, 6) is -0.0235. The standard InChI is InChI=1S/C26H34N4O3S/c1-25(2)16-26(24(32)33-25)12-7-13-30(17-26)19-10-14-29(15-11-19)23(31)20-22(27-3)34-21(28-20)18-8-5-4-6-9-18/h4-6,8-9,19,27H,7,10-17H2,1-3H3. The number of hydrogen-bond acceptors (Lipinski definition) is 7. The highest BCUT2D eigenvalue weighted by atomic mass is 32.1. The van der Waals surface area contributed by atoms with E-state index in [1.807, 2.05) is 56.1 Å². The van der Waals surface area contributed by atoms with E-state index in [-0.39, 0.29) is 22.9 Å². The molecule has 5 rings (SSSR count). The molecule has 3 aliphatic heterocycles. The quantitative estimate of drug-likeness (QED) is 0.657. The second-order valence-corrected chi connectivity index (χ2v) is 11.5. The third kappa shape index (κ3) is 4.33. The Morgan fingerprint density at radius 1 is 1.18 bits per heavy atom. The third-order valence-corrected chi connectivity index (χ3v) is 8.64. The first kappa shape index (κ1) is 23.3. The maximum atomic E-state index is 13.4. The van der Waals surface area contributed by atoms with Gasteiger partial charge in [0.25, 0.3) is 5.91 Å². The minimum atomic E-state index is -0.368. The van der Waals surface area contributed by atoms with Gasteiger partial charge in [-0.3, -0.25) is 14.5 Å². The van der Waals surface area contributed by atoms with E-state index in [1.54, 1.807) is 0 Å². The lowest BCUT2D eigenvalue weighted by Crippen LogP contribution is -2.53. The van der Waals surface area contributed by atoms with Gasteiger partial charge in [-0.15, -0.1) is 0 Å². The van der Waals surface area contributed by atoms with E-state index in [2.05, 4.69) is 10.2 Å². The number of benzene rings is 1. The number of aromatic nitrogens is 1. The van der Waals surface area contributed by atoms with Crippen molar-refractivity contribution in [1.82, 2.24) is 14.8 Å². The third-order valence-electron chi connectivity index (χ3n) is 7.52. The van der Waals surface area contributed by atoms with Gasteiger partial charge in [0.1, 0.15) is 15.6 Å². The van der Waals surface area contributed by atoms with E-state index in [1.165, 1.54) is 11.3 Å². The Morgan fingerprint density at radius 3 is 2.56 bits per heavy atom. The molecule has 1 spiro atoms. The molecule has 3 fully saturated rings. The summed E-state index contributed by atoms with van der Waals surface area (Å²) in [6.45, 7) is 7.26. The Balaban J connectivity index is 1.24. The number of nitrogens with one attached hydrogen (secondary N) is 1. The molecule has 3 aliphatic rings. The molecule has 0 bridgehead atoms. The number of thiazole rings is 1. The molecule has 3 saturated heterocycles. The Morgan fingerprint density at radius 2 is 1.91 bits per heavy atom. The lowest BCUT2D eigenvalue weighted by atomic mass is 9.74. The van der Waals surface area contributed by atoms with Gasteiger partial charge in [0.15, 0.2) is 5.69 Å². The molecule has 1 aromatic heterocycles. The summed E-state index contributed by atoms with van der Waals surface area (Å²) in [6.07, 6.45) is 4.59. The Bertz CT molecular complexity index is 1060. The van der Waals surface area contributed by atoms with E-state index >= 15 is 0 Å². The monoisotopic (exact) mass is 482 g/mol. The van der Waals surface area contributed by atoms with Crippen LogP contribution in [-0.4, -0.2) is 71.5 Å². The number of nitrogens with zero attached hydrogens (tertiary/aromatic N) is 3. The van der Waals surface area contributed by atoms with E-state index in [4.69, 9.17) is 9.72 Å². The van der Waals surface area contributed by atoms with Crippen LogP contribution in [0.3, 0.4) is 0 Å². The van der Waals surface area contributed by atoms with Crippen LogP contribution in [0.5, 0.6) is 0 Å². The first-order valence-electron chi connectivity index (χ1n) is 12.3. The van der Waals surface area contributed by atoms with E-state index < -0.39 is 0 Å². The predicted octanol–water partition coefficient (Wildman–Crippen LogP) is 4.26. The zero-order valence-electron chi connectivity index (χ0n) is 20.3. The minimum Gasteiger partial charge on any atom is -0.459 e. The van der Waals surface area contributed by atoms with Gasteiger partial charge in [-0.2, -0.15) is 0 Å². The molecule has 1 amide bonds. The van der Waals surface area contributed by atoms with Crippen molar-refractivity contribution in [2.75, 3.05) is 38.5 Å². The van der Waals surface area contributed by atoms with Crippen molar-refractivity contribution in [3.63, 3.8) is 0 Å². The zero-order valence-corrected chi connectivity index (χ0v) is 21.1. The highest BCUT2D eigenvalue weighted by Crippen LogP contribution is 2.46. The second kappa shape index (κ2) is 8.96. The van der Waals surface area contributed by atoms with E-state index in [0.717, 1.165) is 60.8 Å². The van der Waals surface area contributed by atoms with Crippen molar-refractivity contribution < 1.29 is 14.3 Å². The number of carbonyl (C=O) groups excluding carboxylic acids is 2. The summed E-state index contributed by atoms with van der Waals surface area (Å²) in [4.78, 5) is 35.3. The molecule has 8 heteroatoms. The van der Waals surface area contributed by atoms with Gasteiger partial charge in [-0.25, -0.2) is 4.98 Å². The van der Waals surface area contributed by atoms with Crippen molar-refractivity contribution in [2.24, 2.45) is 5.41 Å². The molecule has 1 aromatic carbocycles. The van der Waals surface area contributed by atoms with E-state index in [9.17, 15) is 9.59 Å². The lowest BCUT2D eigenvalue weighted by Gasteiger charge is -2.44. The fourth-order valence-corrected chi connectivity index (χ4v) is 6.91. The van der Waals surface area contributed by atoms with Crippen molar-refractivity contribution in [2.45, 2.75) is 57.6 Å². The zero-order chi connectivity index (χ0) is 23.9. The molecular formula is C26H34N4O3S. The molecule has 1 unspecified atom stereocenters. The molecule has 2 aromatic rings. The molecule has 1 N–H and O–H groups in total. The molecular weight excluding hydrogens is 448 g/mol. The predicted molar refractivity (Wildman–Crippen MR) is 134 cm³/mol. The maximum Gasteiger partial charge on any atom is 0.314 e. The van der Waals surface area contributed by atoms with Crippen molar-refractivity contribution in [3.05, 3.63) is 36.0 Å². The van der Waals surface area contributed by atoms with Gasteiger partial charge in [-0.05, 0) is 46.1 Å². The van der Waals surface area contributed by atoms with Gasteiger partial charge < -0.3 is 15.0 Å². The summed E-state index contributed by atoms with van der Waals surface area (Å²) < 4.78 is 5.70. The molecule has 182 valence electrons. The molecule has 4 heterocycles. The van der Waals surface area contributed by atoms with Crippen molar-refractivity contribution in [3.8, 4) is 10.6 Å². The van der Waals surface area contributed by atoms with Crippen molar-refractivity contribution >= 4 is 28.2 Å². The number of ether oxygens (including phenoxy) is 1. The van der Waals surface area contributed by atoms with Crippen molar-refractivity contribution in [1.29, 1.82) is 0 Å². The summed E-state index contributed by atoms with van der Waals surface area (Å²) in [5, 5.41) is 4.83. The van der Waals surface area contributed by atoms with Gasteiger partial charge in [-0.1, -0.05) is 41.7 Å². The van der Waals surface area contributed by atoms with Crippen LogP contribution in [0.2, 0.25) is 0 Å². The minimum absolute atomic E-state index is 0.00235. The average molecular weight is 483 g/mol. The first-order chi connectivity index (χ1) is 16.3. The number of anilines is 1. The summed E-state index contributed by atoms with van der Waals surface area (Å²) >= 11 is 1.52. The highest BCUT2D eigenvalue weighted by molar-refractivity contribution is 7.19. The summed E-state index contributed by atoms with van der Waals surface area (Å²) in [5.41, 5.74) is 0.810. The van der Waals surface area contributed by atoms with Crippen LogP contribution in [0.1, 0.15) is 56.4 Å². The van der Waals surface area contributed by atoms with Crippen LogP contribution in [0.25, 0.3) is 10.6 Å². The van der Waals surface area contributed by atoms with Crippen LogP contribution in [0.15, 0.2) is 30.3 Å². The molecule has 0 saturated carbocycles. The largest absolute Gasteiger partial charge is 0.459 e. The molecule has 1 atom stereocenters. The summed E-state index contributed by atoms with van der Waals surface area (Å²) in [6, 6.07) is 10.4. The number of rotatable bonds is 4. The number of hydrogen-bond donors (Lipinski definition) is 1. The number of piperidine rings is 2. The van der Waals surface area contributed by atoms with Gasteiger partial charge >= 0.3 is 5.97 Å². The highest BCUT2D eigenvalue weighted by Gasteiger charge is 2.54. The smallest absolute Gasteiger partial charge is 0.314 e. The lowest BCUT2D eigenvalue weighted by molar-refractivity contribution is -0.154. The summed E-state index contributed by atoms with van der Waals surface area (Å²) in [7, 11) is 1.84. The number of cyclic esters (lactones) is 1. The van der Waals surface area contributed by atoms with Gasteiger partial charge in [0.05, 0.1) is 5.41 Å². The Hall–Kier alpha value is -2.45. The van der Waals surface area contributed by atoms with Gasteiger partial charge in [0, 0.05) is 44.7 Å². The molecule has 34 heavy (non-hydrogen) atoms. The number of likely N-dealkylation sites (tertiary alicyclic amines) is 2. The fraction of sp³-hybridized carbons (Fsp3) is 0.577. The number of esters is 1. The van der Waals surface area contributed by atoms with Gasteiger partial charge in [0.2, 0.25) is 0 Å². The second-order valence-electron chi connectivity index (χ2n) is 10.5. The number of carbonyl (C=O) groups is 2. The number of amides is 1. The van der Waals surface area contributed by atoms with Crippen LogP contribution >= 0.6 is 11.3 Å². The van der Waals surface area contributed by atoms with E-state index in [0.29, 0.717) is 24.8 Å². The van der Waals surface area contributed by atoms with Crippen LogP contribution in [0.4, 0.5) is 5.00 Å². The van der Waals surface area contributed by atoms with Crippen LogP contribution < -0.4 is 5.32 Å². The normalized spacial score (nSPS) is 25.5. The average Bonchev–Trinajstić information content (AvgIpc) is 3.37. The molecule has 0 radical (unpaired) electrons. The Kier molecular flexibility index (Phi) is 6.14. The SMILES string of the molecule is CNc1sc(-c2ccccc2)nc1C(=O)N1CCC(N2CCCC3(C2)CC(C)(C)OC3=O)CC1. The molecule has 0 aliphatic carbocycles. The molecule has 7 nitrogen and oxygen atoms in total. The fourth-order valence-electron chi connectivity index (χ4n) is 5.99. The first-order valence-corrected chi connectivity index (χ1v) is 13.1. The topological polar surface area (TPSA) is 74.8 Å². The maximum absolute atomic E-state index is 13.4. The van der Waals surface area contributed by atoms with Crippen LogP contribution in [-0.2, 0) is 9.53 Å². The van der Waals surface area contributed by atoms with Crippen LogP contribution in [0, 0.1) is 5.41 Å².